The average Bonchev–Trinajstić information content (AvgIpc) is 3.07. The molecule has 2 fully saturated rings. The minimum atomic E-state index is -0.548. The van der Waals surface area contributed by atoms with Crippen molar-refractivity contribution in [2.24, 2.45) is 5.41 Å². The first-order valence-electron chi connectivity index (χ1n) is 9.03. The summed E-state index contributed by atoms with van der Waals surface area (Å²) in [6.07, 6.45) is 5.80. The van der Waals surface area contributed by atoms with Gasteiger partial charge >= 0.3 is 0 Å². The molecule has 1 aromatic rings. The van der Waals surface area contributed by atoms with Gasteiger partial charge in [0.1, 0.15) is 6.61 Å². The van der Waals surface area contributed by atoms with Crippen molar-refractivity contribution < 1.29 is 14.6 Å². The van der Waals surface area contributed by atoms with Crippen LogP contribution in [0.2, 0.25) is 0 Å². The molecule has 3 rings (SSSR count). The van der Waals surface area contributed by atoms with Gasteiger partial charge in [-0.3, -0.25) is 9.69 Å². The fraction of sp³-hybridized carbons (Fsp3) is 0.778. The number of imidazole rings is 1. The van der Waals surface area contributed by atoms with Crippen LogP contribution in [0.15, 0.2) is 12.5 Å². The number of ether oxygens (including phenoxy) is 1. The number of aliphatic hydroxyl groups excluding tert-OH is 1. The van der Waals surface area contributed by atoms with Crippen LogP contribution in [0.4, 0.5) is 0 Å². The lowest BCUT2D eigenvalue weighted by molar-refractivity contribution is -0.163. The third-order valence-corrected chi connectivity index (χ3v) is 6.07. The van der Waals surface area contributed by atoms with Crippen LogP contribution in [-0.2, 0) is 16.1 Å². The highest BCUT2D eigenvalue weighted by atomic mass is 16.5. The number of carbonyl (C=O) groups excluding carboxylic acids is 1. The maximum Gasteiger partial charge on any atom is 0.249 e. The monoisotopic (exact) mass is 350 g/mol. The van der Waals surface area contributed by atoms with E-state index in [1.165, 1.54) is 7.11 Å². The number of carbonyl (C=O) groups is 1. The van der Waals surface area contributed by atoms with Crippen molar-refractivity contribution in [3.8, 4) is 0 Å². The zero-order valence-corrected chi connectivity index (χ0v) is 15.5. The number of aliphatic hydroxyl groups is 1. The summed E-state index contributed by atoms with van der Waals surface area (Å²) in [5.41, 5.74) is 0.578. The van der Waals surface area contributed by atoms with Crippen LogP contribution < -0.4 is 0 Å². The summed E-state index contributed by atoms with van der Waals surface area (Å²) in [5.74, 6) is -0.0366. The quantitative estimate of drug-likeness (QED) is 0.847. The van der Waals surface area contributed by atoms with Crippen molar-refractivity contribution >= 4 is 5.91 Å². The molecule has 1 aromatic heterocycles. The van der Waals surface area contributed by atoms with Gasteiger partial charge in [-0.05, 0) is 51.6 Å². The van der Waals surface area contributed by atoms with Crippen molar-refractivity contribution in [3.05, 3.63) is 18.2 Å². The van der Waals surface area contributed by atoms with E-state index in [9.17, 15) is 9.90 Å². The van der Waals surface area contributed by atoms with Gasteiger partial charge in [0.2, 0.25) is 5.91 Å². The Balaban J connectivity index is 1.67. The highest BCUT2D eigenvalue weighted by Gasteiger charge is 2.50. The fourth-order valence-corrected chi connectivity index (χ4v) is 4.21. The molecule has 2 aliphatic rings. The summed E-state index contributed by atoms with van der Waals surface area (Å²) in [6, 6.07) is 0. The first kappa shape index (κ1) is 18.4. The molecule has 1 spiro atoms. The summed E-state index contributed by atoms with van der Waals surface area (Å²) in [7, 11) is 1.54. The molecular weight excluding hydrogens is 320 g/mol. The molecule has 25 heavy (non-hydrogen) atoms. The lowest BCUT2D eigenvalue weighted by Crippen LogP contribution is -2.65. The second-order valence-corrected chi connectivity index (χ2v) is 8.14. The van der Waals surface area contributed by atoms with E-state index in [4.69, 9.17) is 4.74 Å². The summed E-state index contributed by atoms with van der Waals surface area (Å²) in [4.78, 5) is 24.0. The van der Waals surface area contributed by atoms with Crippen LogP contribution in [0.1, 0.15) is 38.8 Å². The standard InChI is InChI=1S/C18H30N4O3/c1-17(2)15(23)8-18(12-22(17)16(24)11-25-3)4-6-21(7-5-18)10-14-9-19-13-20-14/h9,13,15,23H,4-8,10-12H2,1-3H3,(H,19,20). The van der Waals surface area contributed by atoms with Gasteiger partial charge in [0.25, 0.3) is 0 Å². The van der Waals surface area contributed by atoms with Crippen LogP contribution in [0.3, 0.4) is 0 Å². The number of aromatic amines is 1. The Hall–Kier alpha value is -1.44. The van der Waals surface area contributed by atoms with Crippen molar-refractivity contribution in [3.63, 3.8) is 0 Å². The second kappa shape index (κ2) is 7.05. The lowest BCUT2D eigenvalue weighted by atomic mass is 9.67. The van der Waals surface area contributed by atoms with Crippen molar-refractivity contribution in [1.82, 2.24) is 19.8 Å². The lowest BCUT2D eigenvalue weighted by Gasteiger charge is -2.56. The number of nitrogens with zero attached hydrogens (tertiary/aromatic N) is 3. The largest absolute Gasteiger partial charge is 0.391 e. The molecule has 0 bridgehead atoms. The number of hydrogen-bond acceptors (Lipinski definition) is 5. The minimum Gasteiger partial charge on any atom is -0.391 e. The maximum absolute atomic E-state index is 12.5. The van der Waals surface area contributed by atoms with Crippen molar-refractivity contribution in [1.29, 1.82) is 0 Å². The highest BCUT2D eigenvalue weighted by molar-refractivity contribution is 5.78. The topological polar surface area (TPSA) is 81.7 Å². The summed E-state index contributed by atoms with van der Waals surface area (Å²) in [5, 5.41) is 10.8. The molecule has 1 unspecified atom stereocenters. The van der Waals surface area contributed by atoms with E-state index >= 15 is 0 Å². The Bertz CT molecular complexity index is 579. The Morgan fingerprint density at radius 3 is 2.76 bits per heavy atom. The van der Waals surface area contributed by atoms with Crippen molar-refractivity contribution in [2.75, 3.05) is 33.4 Å². The van der Waals surface area contributed by atoms with E-state index in [1.807, 2.05) is 24.9 Å². The number of aromatic nitrogens is 2. The average molecular weight is 350 g/mol. The van der Waals surface area contributed by atoms with Gasteiger partial charge in [-0.25, -0.2) is 4.98 Å². The molecule has 1 amide bonds. The van der Waals surface area contributed by atoms with Gasteiger partial charge in [-0.2, -0.15) is 0 Å². The molecule has 7 heteroatoms. The number of hydrogen-bond donors (Lipinski definition) is 2. The van der Waals surface area contributed by atoms with Crippen LogP contribution >= 0.6 is 0 Å². The molecule has 2 aliphatic heterocycles. The van der Waals surface area contributed by atoms with Gasteiger partial charge in [0.15, 0.2) is 0 Å². The predicted molar refractivity (Wildman–Crippen MR) is 93.8 cm³/mol. The maximum atomic E-state index is 12.5. The van der Waals surface area contributed by atoms with E-state index in [2.05, 4.69) is 14.9 Å². The molecule has 0 radical (unpaired) electrons. The minimum absolute atomic E-state index is 0.00280. The number of rotatable bonds is 4. The molecular formula is C18H30N4O3. The Kier molecular flexibility index (Phi) is 5.18. The van der Waals surface area contributed by atoms with Gasteiger partial charge in [-0.1, -0.05) is 0 Å². The highest BCUT2D eigenvalue weighted by Crippen LogP contribution is 2.45. The zero-order chi connectivity index (χ0) is 18.1. The molecule has 1 atom stereocenters. The van der Waals surface area contributed by atoms with Crippen molar-refractivity contribution in [2.45, 2.75) is 51.3 Å². The smallest absolute Gasteiger partial charge is 0.249 e. The fourth-order valence-electron chi connectivity index (χ4n) is 4.21. The predicted octanol–water partition coefficient (Wildman–Crippen LogP) is 1.01. The Morgan fingerprint density at radius 2 is 2.16 bits per heavy atom. The van der Waals surface area contributed by atoms with E-state index < -0.39 is 11.6 Å². The van der Waals surface area contributed by atoms with Crippen LogP contribution in [0.5, 0.6) is 0 Å². The molecule has 0 saturated carbocycles. The third kappa shape index (κ3) is 3.73. The van der Waals surface area contributed by atoms with Crippen LogP contribution in [-0.4, -0.2) is 75.8 Å². The van der Waals surface area contributed by atoms with Crippen LogP contribution in [0.25, 0.3) is 0 Å². The number of amides is 1. The number of piperidine rings is 2. The number of nitrogens with one attached hydrogen (secondary N) is 1. The molecule has 2 saturated heterocycles. The van der Waals surface area contributed by atoms with Gasteiger partial charge in [0, 0.05) is 32.1 Å². The zero-order valence-electron chi connectivity index (χ0n) is 15.5. The van der Waals surface area contributed by atoms with E-state index in [1.54, 1.807) is 6.33 Å². The Labute approximate surface area is 149 Å². The van der Waals surface area contributed by atoms with E-state index in [-0.39, 0.29) is 17.9 Å². The molecule has 2 N–H and O–H groups in total. The number of methoxy groups -OCH3 is 1. The molecule has 0 aromatic carbocycles. The van der Waals surface area contributed by atoms with E-state index in [0.717, 1.165) is 44.6 Å². The van der Waals surface area contributed by atoms with Gasteiger partial charge in [-0.15, -0.1) is 0 Å². The summed E-state index contributed by atoms with van der Waals surface area (Å²) < 4.78 is 5.05. The first-order valence-corrected chi connectivity index (χ1v) is 9.03. The molecule has 140 valence electrons. The first-order chi connectivity index (χ1) is 11.9. The number of H-pyrrole nitrogens is 1. The van der Waals surface area contributed by atoms with E-state index in [0.29, 0.717) is 6.54 Å². The normalized spacial score (nSPS) is 26.1. The summed E-state index contributed by atoms with van der Waals surface area (Å²) >= 11 is 0. The number of likely N-dealkylation sites (tertiary alicyclic amines) is 2. The molecule has 7 nitrogen and oxygen atoms in total. The second-order valence-electron chi connectivity index (χ2n) is 8.14. The molecule has 0 aliphatic carbocycles. The van der Waals surface area contributed by atoms with Gasteiger partial charge in [0.05, 0.1) is 18.0 Å². The van der Waals surface area contributed by atoms with Crippen LogP contribution in [0, 0.1) is 5.41 Å². The summed E-state index contributed by atoms with van der Waals surface area (Å²) in [6.45, 7) is 7.49. The Morgan fingerprint density at radius 1 is 1.44 bits per heavy atom. The molecule has 3 heterocycles. The van der Waals surface area contributed by atoms with Gasteiger partial charge < -0.3 is 19.7 Å². The SMILES string of the molecule is COCC(=O)N1CC2(CCN(Cc3cnc[nH]3)CC2)CC(O)C1(C)C. The third-order valence-electron chi connectivity index (χ3n) is 6.07.